The normalized spacial score (nSPS) is 12.1. The third-order valence-electron chi connectivity index (χ3n) is 1.54. The van der Waals surface area contributed by atoms with Crippen molar-refractivity contribution >= 4 is 0 Å². The van der Waals surface area contributed by atoms with Crippen LogP contribution < -0.4 is 0 Å². The highest BCUT2D eigenvalue weighted by Gasteiger charge is 2.02. The Hall–Kier alpha value is -1.36. The maximum absolute atomic E-state index is 12.6. The number of benzene rings is 1. The molecule has 0 N–H and O–H groups in total. The van der Waals surface area contributed by atoms with Gasteiger partial charge in [-0.05, 0) is 24.6 Å². The Bertz CT molecular complexity index is 288. The van der Waals surface area contributed by atoms with Gasteiger partial charge in [0, 0.05) is 0 Å². The van der Waals surface area contributed by atoms with Crippen molar-refractivity contribution in [2.45, 2.75) is 12.8 Å². The summed E-state index contributed by atoms with van der Waals surface area (Å²) in [5.74, 6) is -0.518. The van der Waals surface area contributed by atoms with E-state index in [0.717, 1.165) is 5.56 Å². The van der Waals surface area contributed by atoms with Gasteiger partial charge in [0.15, 0.2) is 0 Å². The summed E-state index contributed by atoms with van der Waals surface area (Å²) in [7, 11) is 0. The topological polar surface area (TPSA) is 23.8 Å². The van der Waals surface area contributed by atoms with Crippen LogP contribution in [0.25, 0.3) is 0 Å². The van der Waals surface area contributed by atoms with Crippen LogP contribution in [0.15, 0.2) is 24.3 Å². The summed E-state index contributed by atoms with van der Waals surface area (Å²) in [5.41, 5.74) is 0.729. The van der Waals surface area contributed by atoms with Crippen LogP contribution in [0, 0.1) is 17.1 Å². The smallest absolute Gasteiger partial charge is 0.123 e. The molecule has 1 aromatic rings. The number of halogens is 1. The van der Waals surface area contributed by atoms with Crippen molar-refractivity contribution in [2.75, 3.05) is 0 Å². The zero-order chi connectivity index (χ0) is 8.27. The second-order valence-electron chi connectivity index (χ2n) is 2.41. The third-order valence-corrected chi connectivity index (χ3v) is 1.54. The van der Waals surface area contributed by atoms with Gasteiger partial charge >= 0.3 is 0 Å². The number of nitrogens with zero attached hydrogens (tertiary/aromatic N) is 1. The van der Waals surface area contributed by atoms with E-state index in [1.807, 2.05) is 6.07 Å². The minimum Gasteiger partial charge on any atom is -0.207 e. The zero-order valence-corrected chi connectivity index (χ0v) is 6.21. The summed E-state index contributed by atoms with van der Waals surface area (Å²) in [5, 5.41) is 8.51. The van der Waals surface area contributed by atoms with E-state index in [9.17, 15) is 4.39 Å². The van der Waals surface area contributed by atoms with Crippen LogP contribution in [0.2, 0.25) is 0 Å². The maximum atomic E-state index is 12.6. The Morgan fingerprint density at radius 1 is 1.55 bits per heavy atom. The second-order valence-corrected chi connectivity index (χ2v) is 2.41. The third kappa shape index (κ3) is 1.78. The van der Waals surface area contributed by atoms with Crippen molar-refractivity contribution in [1.29, 1.82) is 5.26 Å². The van der Waals surface area contributed by atoms with Crippen molar-refractivity contribution in [1.82, 2.24) is 0 Å². The largest absolute Gasteiger partial charge is 0.207 e. The Balaban J connectivity index is 2.98. The second kappa shape index (κ2) is 3.16. The maximum Gasteiger partial charge on any atom is 0.123 e. The number of rotatable bonds is 1. The van der Waals surface area contributed by atoms with Crippen LogP contribution >= 0.6 is 0 Å². The predicted molar refractivity (Wildman–Crippen MR) is 40.4 cm³/mol. The highest BCUT2D eigenvalue weighted by atomic mass is 19.1. The average molecular weight is 149 g/mol. The van der Waals surface area contributed by atoms with Crippen LogP contribution in [-0.2, 0) is 0 Å². The summed E-state index contributed by atoms with van der Waals surface area (Å²) in [6.07, 6.45) is 0. The average Bonchev–Trinajstić information content (AvgIpc) is 2.03. The van der Waals surface area contributed by atoms with E-state index in [-0.39, 0.29) is 11.7 Å². The lowest BCUT2D eigenvalue weighted by atomic mass is 10.0. The van der Waals surface area contributed by atoms with E-state index in [1.165, 1.54) is 12.1 Å². The molecule has 1 nitrogen and oxygen atoms in total. The van der Waals surface area contributed by atoms with Gasteiger partial charge in [-0.25, -0.2) is 4.39 Å². The Kier molecular flexibility index (Phi) is 2.22. The Morgan fingerprint density at radius 2 is 2.27 bits per heavy atom. The SMILES string of the molecule is C[C@@H](C#N)c1cccc(F)c1. The van der Waals surface area contributed by atoms with E-state index < -0.39 is 0 Å². The van der Waals surface area contributed by atoms with E-state index in [4.69, 9.17) is 5.26 Å². The lowest BCUT2D eigenvalue weighted by Gasteiger charge is -2.00. The quantitative estimate of drug-likeness (QED) is 0.601. The Labute approximate surface area is 65.1 Å². The molecule has 0 aliphatic heterocycles. The molecule has 0 fully saturated rings. The van der Waals surface area contributed by atoms with Gasteiger partial charge in [-0.15, -0.1) is 0 Å². The first-order valence-electron chi connectivity index (χ1n) is 3.39. The van der Waals surface area contributed by atoms with Gasteiger partial charge in [-0.1, -0.05) is 12.1 Å². The molecule has 1 atom stereocenters. The van der Waals surface area contributed by atoms with Crippen LogP contribution in [0.3, 0.4) is 0 Å². The van der Waals surface area contributed by atoms with Gasteiger partial charge in [-0.2, -0.15) is 5.26 Å². The van der Waals surface area contributed by atoms with Crippen LogP contribution in [0.1, 0.15) is 18.4 Å². The molecule has 0 aliphatic carbocycles. The molecule has 0 amide bonds. The predicted octanol–water partition coefficient (Wildman–Crippen LogP) is 2.45. The molecule has 0 spiro atoms. The van der Waals surface area contributed by atoms with E-state index in [2.05, 4.69) is 0 Å². The van der Waals surface area contributed by atoms with Crippen molar-refractivity contribution in [3.63, 3.8) is 0 Å². The molecule has 0 saturated carbocycles. The number of hydrogen-bond acceptors (Lipinski definition) is 1. The van der Waals surface area contributed by atoms with Gasteiger partial charge in [0.1, 0.15) is 5.82 Å². The van der Waals surface area contributed by atoms with Crippen molar-refractivity contribution in [3.8, 4) is 6.07 Å². The van der Waals surface area contributed by atoms with Gasteiger partial charge in [0.05, 0.1) is 12.0 Å². The molecule has 0 bridgehead atoms. The lowest BCUT2D eigenvalue weighted by Crippen LogP contribution is -1.89. The van der Waals surface area contributed by atoms with Gasteiger partial charge in [-0.3, -0.25) is 0 Å². The molecule has 0 radical (unpaired) electrons. The van der Waals surface area contributed by atoms with E-state index in [1.54, 1.807) is 19.1 Å². The first kappa shape index (κ1) is 7.74. The molecule has 0 saturated heterocycles. The molecule has 1 aromatic carbocycles. The highest BCUT2D eigenvalue weighted by Crippen LogP contribution is 2.14. The molecule has 0 aliphatic rings. The summed E-state index contributed by atoms with van der Waals surface area (Å²) >= 11 is 0. The van der Waals surface area contributed by atoms with Crippen LogP contribution in [-0.4, -0.2) is 0 Å². The van der Waals surface area contributed by atoms with Gasteiger partial charge < -0.3 is 0 Å². The summed E-state index contributed by atoms with van der Waals surface area (Å²) in [6, 6.07) is 8.15. The molecule has 2 heteroatoms. The first-order valence-corrected chi connectivity index (χ1v) is 3.39. The molecule has 1 rings (SSSR count). The molecule has 0 heterocycles. The molecule has 11 heavy (non-hydrogen) atoms. The van der Waals surface area contributed by atoms with Crippen molar-refractivity contribution < 1.29 is 4.39 Å². The van der Waals surface area contributed by atoms with Gasteiger partial charge in [0.2, 0.25) is 0 Å². The van der Waals surface area contributed by atoms with Crippen LogP contribution in [0.5, 0.6) is 0 Å². The Morgan fingerprint density at radius 3 is 2.82 bits per heavy atom. The molecule has 0 aromatic heterocycles. The minimum absolute atomic E-state index is 0.231. The molecule has 56 valence electrons. The standard InChI is InChI=1S/C9H8FN/c1-7(6-11)8-3-2-4-9(10)5-8/h2-5,7H,1H3/t7-/m0/s1. The van der Waals surface area contributed by atoms with Gasteiger partial charge in [0.25, 0.3) is 0 Å². The van der Waals surface area contributed by atoms with Crippen LogP contribution in [0.4, 0.5) is 4.39 Å². The van der Waals surface area contributed by atoms with E-state index in [0.29, 0.717) is 0 Å². The number of nitriles is 1. The zero-order valence-electron chi connectivity index (χ0n) is 6.21. The first-order chi connectivity index (χ1) is 5.24. The molecule has 0 unspecified atom stereocenters. The minimum atomic E-state index is -0.287. The lowest BCUT2D eigenvalue weighted by molar-refractivity contribution is 0.625. The monoisotopic (exact) mass is 149 g/mol. The molecular weight excluding hydrogens is 141 g/mol. The van der Waals surface area contributed by atoms with Crippen molar-refractivity contribution in [2.24, 2.45) is 0 Å². The fourth-order valence-electron chi connectivity index (χ4n) is 0.850. The fraction of sp³-hybridized carbons (Fsp3) is 0.222. The number of hydrogen-bond donors (Lipinski definition) is 0. The fourth-order valence-corrected chi connectivity index (χ4v) is 0.850. The van der Waals surface area contributed by atoms with E-state index >= 15 is 0 Å². The molecular formula is C9H8FN. The summed E-state index contributed by atoms with van der Waals surface area (Å²) < 4.78 is 12.6. The summed E-state index contributed by atoms with van der Waals surface area (Å²) in [4.78, 5) is 0. The highest BCUT2D eigenvalue weighted by molar-refractivity contribution is 5.24. The van der Waals surface area contributed by atoms with Crippen molar-refractivity contribution in [3.05, 3.63) is 35.6 Å². The summed E-state index contributed by atoms with van der Waals surface area (Å²) in [6.45, 7) is 1.74.